The Morgan fingerprint density at radius 3 is 2.58 bits per heavy atom. The third kappa shape index (κ3) is 7.70. The van der Waals surface area contributed by atoms with Gasteiger partial charge in [0.1, 0.15) is 0 Å². The molecule has 3 heterocycles. The first-order valence-corrected chi connectivity index (χ1v) is 11.6. The van der Waals surface area contributed by atoms with Crippen molar-refractivity contribution < 1.29 is 36.2 Å². The molecule has 0 bridgehead atoms. The fourth-order valence-corrected chi connectivity index (χ4v) is 5.29. The van der Waals surface area contributed by atoms with Crippen molar-refractivity contribution in [2.24, 2.45) is 0 Å². The molecule has 2 saturated heterocycles. The molecule has 2 aliphatic rings. The number of hydrogen-bond donors (Lipinski definition) is 1. The number of morpholine rings is 1. The van der Waals surface area contributed by atoms with Gasteiger partial charge in [0.25, 0.3) is 0 Å². The number of aromatic nitrogens is 1. The first-order chi connectivity index (χ1) is 14.5. The number of halogens is 3. The fourth-order valence-electron chi connectivity index (χ4n) is 3.73. The monoisotopic (exact) mass is 467 g/mol. The smallest absolute Gasteiger partial charge is 0.475 e. The molecule has 1 unspecified atom stereocenters. The molecule has 0 aromatic carbocycles. The number of carboxylic acids is 1. The van der Waals surface area contributed by atoms with Crippen LogP contribution in [0.25, 0.3) is 0 Å². The minimum Gasteiger partial charge on any atom is -0.475 e. The van der Waals surface area contributed by atoms with Gasteiger partial charge in [-0.05, 0) is 37.9 Å². The maximum absolute atomic E-state index is 12.4. The number of rotatable bonds is 5. The quantitative estimate of drug-likeness (QED) is 0.708. The Labute approximate surface area is 180 Å². The Bertz CT molecular complexity index is 819. The summed E-state index contributed by atoms with van der Waals surface area (Å²) in [6, 6.07) is 5.95. The molecule has 176 valence electrons. The summed E-state index contributed by atoms with van der Waals surface area (Å²) >= 11 is 0. The molecule has 0 aliphatic carbocycles. The summed E-state index contributed by atoms with van der Waals surface area (Å²) in [5.41, 5.74) is 0.673. The van der Waals surface area contributed by atoms with E-state index >= 15 is 0 Å². The van der Waals surface area contributed by atoms with Crippen LogP contribution in [0.3, 0.4) is 0 Å². The lowest BCUT2D eigenvalue weighted by atomic mass is 9.91. The number of sulfonamides is 1. The van der Waals surface area contributed by atoms with Crippen LogP contribution < -0.4 is 0 Å². The number of nitrogens with zero attached hydrogens (tertiary/aromatic N) is 3. The second kappa shape index (κ2) is 10.7. The van der Waals surface area contributed by atoms with Crippen molar-refractivity contribution in [2.45, 2.75) is 44.5 Å². The van der Waals surface area contributed by atoms with E-state index in [0.717, 1.165) is 38.2 Å². The third-order valence-electron chi connectivity index (χ3n) is 5.04. The number of likely N-dealkylation sites (tertiary alicyclic amines) is 1. The normalized spacial score (nSPS) is 23.2. The Morgan fingerprint density at radius 1 is 1.29 bits per heavy atom. The number of aliphatic carboxylic acids is 1. The van der Waals surface area contributed by atoms with Crippen LogP contribution in [-0.4, -0.2) is 84.0 Å². The second-order valence-electron chi connectivity index (χ2n) is 7.62. The van der Waals surface area contributed by atoms with Gasteiger partial charge in [-0.15, -0.1) is 0 Å². The van der Waals surface area contributed by atoms with E-state index in [1.807, 2.05) is 31.3 Å². The van der Waals surface area contributed by atoms with E-state index in [-0.39, 0.29) is 11.4 Å². The van der Waals surface area contributed by atoms with Gasteiger partial charge in [0.2, 0.25) is 10.0 Å². The molecule has 1 spiro atoms. The molecule has 1 atom stereocenters. The van der Waals surface area contributed by atoms with Gasteiger partial charge in [-0.3, -0.25) is 9.88 Å². The number of hydrogen-bond acceptors (Lipinski definition) is 6. The molecule has 3 rings (SSSR count). The van der Waals surface area contributed by atoms with E-state index in [2.05, 4.69) is 9.88 Å². The Kier molecular flexibility index (Phi) is 8.81. The van der Waals surface area contributed by atoms with Crippen LogP contribution in [0.15, 0.2) is 24.4 Å². The number of piperidine rings is 1. The second-order valence-corrected chi connectivity index (χ2v) is 9.71. The van der Waals surface area contributed by atoms with Crippen molar-refractivity contribution in [1.82, 2.24) is 14.2 Å². The molecule has 8 nitrogen and oxygen atoms in total. The van der Waals surface area contributed by atoms with Gasteiger partial charge in [0.05, 0.1) is 23.7 Å². The summed E-state index contributed by atoms with van der Waals surface area (Å²) in [5.74, 6) is -2.53. The van der Waals surface area contributed by atoms with Crippen LogP contribution in [-0.2, 0) is 26.1 Å². The molecule has 1 aromatic rings. The average molecular weight is 468 g/mol. The van der Waals surface area contributed by atoms with Gasteiger partial charge >= 0.3 is 12.1 Å². The lowest BCUT2D eigenvalue weighted by Gasteiger charge is -2.47. The summed E-state index contributed by atoms with van der Waals surface area (Å²) in [4.78, 5) is 15.6. The number of carbonyl (C=O) groups is 1. The summed E-state index contributed by atoms with van der Waals surface area (Å²) in [6.07, 6.45) is -0.679. The van der Waals surface area contributed by atoms with E-state index in [0.29, 0.717) is 26.1 Å². The molecular formula is C19H28F3N3O5S. The molecule has 0 radical (unpaired) electrons. The predicted molar refractivity (Wildman–Crippen MR) is 107 cm³/mol. The van der Waals surface area contributed by atoms with E-state index in [1.54, 1.807) is 4.31 Å². The van der Waals surface area contributed by atoms with Crippen LogP contribution in [0, 0.1) is 0 Å². The van der Waals surface area contributed by atoms with Gasteiger partial charge in [0.15, 0.2) is 0 Å². The first-order valence-electron chi connectivity index (χ1n) is 10.0. The van der Waals surface area contributed by atoms with Gasteiger partial charge in [0, 0.05) is 32.4 Å². The largest absolute Gasteiger partial charge is 0.490 e. The molecule has 1 aromatic heterocycles. The lowest BCUT2D eigenvalue weighted by Crippen LogP contribution is -2.60. The van der Waals surface area contributed by atoms with Gasteiger partial charge in [-0.25, -0.2) is 13.2 Å². The van der Waals surface area contributed by atoms with Crippen LogP contribution >= 0.6 is 0 Å². The fraction of sp³-hybridized carbons (Fsp3) is 0.684. The molecule has 1 N–H and O–H groups in total. The van der Waals surface area contributed by atoms with Gasteiger partial charge < -0.3 is 9.84 Å². The highest BCUT2D eigenvalue weighted by Crippen LogP contribution is 2.30. The van der Waals surface area contributed by atoms with Crippen molar-refractivity contribution in [3.8, 4) is 0 Å². The predicted octanol–water partition coefficient (Wildman–Crippen LogP) is 2.12. The highest BCUT2D eigenvalue weighted by molar-refractivity contribution is 7.89. The average Bonchev–Trinajstić information content (AvgIpc) is 2.69. The van der Waals surface area contributed by atoms with Crippen molar-refractivity contribution in [2.75, 3.05) is 38.5 Å². The summed E-state index contributed by atoms with van der Waals surface area (Å²) in [6.45, 7) is 5.90. The Balaban J connectivity index is 0.000000423. The van der Waals surface area contributed by atoms with Crippen molar-refractivity contribution in [3.05, 3.63) is 30.1 Å². The molecule has 2 fully saturated rings. The zero-order chi connectivity index (χ0) is 23.1. The lowest BCUT2D eigenvalue weighted by molar-refractivity contribution is -0.192. The van der Waals surface area contributed by atoms with Gasteiger partial charge in [-0.1, -0.05) is 13.0 Å². The molecule has 12 heteroatoms. The molecule has 31 heavy (non-hydrogen) atoms. The summed E-state index contributed by atoms with van der Waals surface area (Å²) in [7, 11) is -3.16. The highest BCUT2D eigenvalue weighted by Gasteiger charge is 2.43. The first kappa shape index (κ1) is 25.5. The SMILES string of the molecule is CCCS(=O)(=O)N1CCOC2(CCCN(Cc3ccccn3)C2)C1.O=C(O)C(F)(F)F. The standard InChI is InChI=1S/C17H27N3O3S.C2HF3O2/c1-2-12-24(21,22)20-10-11-23-17(15-20)7-5-9-19(14-17)13-16-6-3-4-8-18-16;3-2(4,5)1(6)7/h3-4,6,8H,2,5,7,9-15H2,1H3;(H,6,7). The number of alkyl halides is 3. The minimum absolute atomic E-state index is 0.223. The summed E-state index contributed by atoms with van der Waals surface area (Å²) in [5, 5.41) is 7.12. The molecule has 2 aliphatic heterocycles. The van der Waals surface area contributed by atoms with E-state index in [9.17, 15) is 21.6 Å². The minimum atomic E-state index is -5.08. The van der Waals surface area contributed by atoms with Crippen LogP contribution in [0.5, 0.6) is 0 Å². The van der Waals surface area contributed by atoms with Crippen LogP contribution in [0.1, 0.15) is 31.9 Å². The topological polar surface area (TPSA) is 100 Å². The molecular weight excluding hydrogens is 439 g/mol. The molecule has 0 saturated carbocycles. The number of pyridine rings is 1. The maximum atomic E-state index is 12.4. The number of ether oxygens (including phenoxy) is 1. The van der Waals surface area contributed by atoms with E-state index < -0.39 is 22.2 Å². The maximum Gasteiger partial charge on any atom is 0.490 e. The molecule has 0 amide bonds. The zero-order valence-corrected chi connectivity index (χ0v) is 18.2. The van der Waals surface area contributed by atoms with Crippen molar-refractivity contribution in [3.63, 3.8) is 0 Å². The van der Waals surface area contributed by atoms with Crippen LogP contribution in [0.4, 0.5) is 13.2 Å². The summed E-state index contributed by atoms with van der Waals surface area (Å²) < 4.78 is 64.4. The van der Waals surface area contributed by atoms with Crippen molar-refractivity contribution >= 4 is 16.0 Å². The third-order valence-corrected chi connectivity index (χ3v) is 7.06. The van der Waals surface area contributed by atoms with E-state index in [4.69, 9.17) is 14.6 Å². The van der Waals surface area contributed by atoms with E-state index in [1.165, 1.54) is 0 Å². The van der Waals surface area contributed by atoms with Crippen molar-refractivity contribution in [1.29, 1.82) is 0 Å². The number of carboxylic acid groups (broad SMARTS) is 1. The Hall–Kier alpha value is -1.76. The van der Waals surface area contributed by atoms with Crippen LogP contribution in [0.2, 0.25) is 0 Å². The van der Waals surface area contributed by atoms with Gasteiger partial charge in [-0.2, -0.15) is 17.5 Å². The zero-order valence-electron chi connectivity index (χ0n) is 17.3. The Morgan fingerprint density at radius 2 is 2.00 bits per heavy atom. The highest BCUT2D eigenvalue weighted by atomic mass is 32.2.